The zero-order valence-electron chi connectivity index (χ0n) is 23.6. The van der Waals surface area contributed by atoms with Crippen molar-refractivity contribution in [2.45, 2.75) is 38.1 Å². The third kappa shape index (κ3) is 6.13. The van der Waals surface area contributed by atoms with Gasteiger partial charge < -0.3 is 9.47 Å². The average molecular weight is 558 g/mol. The van der Waals surface area contributed by atoms with Crippen molar-refractivity contribution in [1.82, 2.24) is 9.47 Å². The second-order valence-corrected chi connectivity index (χ2v) is 11.3. The largest absolute Gasteiger partial charge is 0.343 e. The fourth-order valence-corrected chi connectivity index (χ4v) is 6.35. The van der Waals surface area contributed by atoms with Crippen LogP contribution in [0.25, 0.3) is 10.9 Å². The zero-order valence-corrected chi connectivity index (χ0v) is 23.6. The molecule has 0 saturated carbocycles. The summed E-state index contributed by atoms with van der Waals surface area (Å²) in [6.45, 7) is 2.16. The van der Waals surface area contributed by atoms with E-state index in [1.807, 2.05) is 53.4 Å². The van der Waals surface area contributed by atoms with Gasteiger partial charge in [-0.15, -0.1) is 0 Å². The van der Waals surface area contributed by atoms with Crippen LogP contribution in [0, 0.1) is 16.0 Å². The van der Waals surface area contributed by atoms with E-state index in [-0.39, 0.29) is 22.4 Å². The molecular weight excluding hydrogens is 522 g/mol. The number of hydrogen-bond donors (Lipinski definition) is 0. The number of likely N-dealkylation sites (tertiary alicyclic amines) is 1. The molecule has 1 fully saturated rings. The Balaban J connectivity index is 1.29. The number of nitro groups is 1. The Kier molecular flexibility index (Phi) is 8.13. The predicted molar refractivity (Wildman–Crippen MR) is 166 cm³/mol. The molecule has 0 radical (unpaired) electrons. The molecule has 5 aromatic rings. The van der Waals surface area contributed by atoms with E-state index < -0.39 is 0 Å². The van der Waals surface area contributed by atoms with Gasteiger partial charge in [0.15, 0.2) is 0 Å². The maximum absolute atomic E-state index is 13.8. The van der Waals surface area contributed by atoms with Gasteiger partial charge in [0.25, 0.3) is 5.69 Å². The lowest BCUT2D eigenvalue weighted by molar-refractivity contribution is -0.384. The van der Waals surface area contributed by atoms with E-state index in [0.29, 0.717) is 18.9 Å². The first kappa shape index (κ1) is 27.5. The number of carbonyl (C=O) groups is 1. The summed E-state index contributed by atoms with van der Waals surface area (Å²) in [5, 5.41) is 12.6. The highest BCUT2D eigenvalue weighted by Gasteiger charge is 2.28. The molecule has 1 amide bonds. The Morgan fingerprint density at radius 2 is 1.45 bits per heavy atom. The van der Waals surface area contributed by atoms with Crippen LogP contribution in [0.2, 0.25) is 0 Å². The molecule has 0 aliphatic carbocycles. The Morgan fingerprint density at radius 1 is 0.833 bits per heavy atom. The summed E-state index contributed by atoms with van der Waals surface area (Å²) < 4.78 is 2.15. The number of non-ortho nitro benzene ring substituents is 1. The fraction of sp³-hybridized carbons (Fsp3) is 0.250. The Morgan fingerprint density at radius 3 is 2.10 bits per heavy atom. The second kappa shape index (κ2) is 12.4. The molecule has 0 bridgehead atoms. The van der Waals surface area contributed by atoms with Crippen LogP contribution in [-0.2, 0) is 17.8 Å². The van der Waals surface area contributed by atoms with Gasteiger partial charge in [0.1, 0.15) is 0 Å². The third-order valence-corrected chi connectivity index (χ3v) is 8.59. The molecule has 6 nitrogen and oxygen atoms in total. The van der Waals surface area contributed by atoms with Crippen LogP contribution in [-0.4, -0.2) is 33.4 Å². The third-order valence-electron chi connectivity index (χ3n) is 8.59. The number of hydrogen-bond acceptors (Lipinski definition) is 3. The smallest absolute Gasteiger partial charge is 0.270 e. The minimum atomic E-state index is -0.347. The molecule has 0 spiro atoms. The molecule has 1 aromatic heterocycles. The number of piperidine rings is 1. The van der Waals surface area contributed by atoms with E-state index in [4.69, 9.17) is 0 Å². The number of aromatic nitrogens is 1. The van der Waals surface area contributed by atoms with Crippen molar-refractivity contribution in [3.63, 3.8) is 0 Å². The van der Waals surface area contributed by atoms with Crippen LogP contribution in [0.4, 0.5) is 5.69 Å². The maximum atomic E-state index is 13.8. The molecule has 6 rings (SSSR count). The van der Waals surface area contributed by atoms with Gasteiger partial charge in [-0.2, -0.15) is 0 Å². The summed E-state index contributed by atoms with van der Waals surface area (Å²) in [6, 6.07) is 35.9. The van der Waals surface area contributed by atoms with E-state index in [0.717, 1.165) is 59.9 Å². The molecule has 4 aromatic carbocycles. The monoisotopic (exact) mass is 557 g/mol. The highest BCUT2D eigenvalue weighted by Crippen LogP contribution is 2.37. The number of fused-ring (bicyclic) bond motifs is 1. The van der Waals surface area contributed by atoms with Crippen LogP contribution in [0.15, 0.2) is 115 Å². The number of amides is 1. The second-order valence-electron chi connectivity index (χ2n) is 11.3. The quantitative estimate of drug-likeness (QED) is 0.138. The number of nitrogens with zero attached hydrogens (tertiary/aromatic N) is 3. The Labute approximate surface area is 246 Å². The Hall–Kier alpha value is -4.71. The summed E-state index contributed by atoms with van der Waals surface area (Å²) in [7, 11) is 0. The van der Waals surface area contributed by atoms with Crippen molar-refractivity contribution in [2.75, 3.05) is 13.1 Å². The molecule has 1 aliphatic heterocycles. The molecule has 1 saturated heterocycles. The van der Waals surface area contributed by atoms with E-state index in [1.54, 1.807) is 12.1 Å². The van der Waals surface area contributed by atoms with Gasteiger partial charge in [0.2, 0.25) is 5.91 Å². The average Bonchev–Trinajstić information content (AvgIpc) is 3.38. The molecule has 2 heterocycles. The van der Waals surface area contributed by atoms with Crippen molar-refractivity contribution in [2.24, 2.45) is 5.92 Å². The topological polar surface area (TPSA) is 68.4 Å². The highest BCUT2D eigenvalue weighted by atomic mass is 16.6. The van der Waals surface area contributed by atoms with Crippen LogP contribution in [0.1, 0.15) is 47.4 Å². The zero-order chi connectivity index (χ0) is 28.9. The summed E-state index contributed by atoms with van der Waals surface area (Å²) in [4.78, 5) is 27.3. The lowest BCUT2D eigenvalue weighted by atomic mass is 9.86. The summed E-state index contributed by atoms with van der Waals surface area (Å²) >= 11 is 0. The molecular formula is C36H35N3O3. The summed E-state index contributed by atoms with van der Waals surface area (Å²) in [5.41, 5.74) is 5.46. The molecule has 42 heavy (non-hydrogen) atoms. The standard InChI is InChI=1S/C36H35N3O3/c40-36(37-20-18-28(19-21-37)22-27-10-4-1-5-11-27)24-32(30-14-8-3-9-15-30)34-26-38(25-29-12-6-2-7-13-29)35-17-16-31(39(41)42)23-33(34)35/h1-17,23,26,28,32H,18-22,24-25H2. The number of rotatable bonds is 9. The van der Waals surface area contributed by atoms with Crippen molar-refractivity contribution < 1.29 is 9.72 Å². The van der Waals surface area contributed by atoms with Gasteiger partial charge in [0.05, 0.1) is 4.92 Å². The minimum Gasteiger partial charge on any atom is -0.343 e. The maximum Gasteiger partial charge on any atom is 0.270 e. The molecule has 6 heteroatoms. The first-order valence-electron chi connectivity index (χ1n) is 14.7. The fourth-order valence-electron chi connectivity index (χ4n) is 6.35. The minimum absolute atomic E-state index is 0.0554. The van der Waals surface area contributed by atoms with Gasteiger partial charge in [-0.1, -0.05) is 91.0 Å². The summed E-state index contributed by atoms with van der Waals surface area (Å²) in [5.74, 6) is 0.497. The SMILES string of the molecule is O=C(CC(c1ccccc1)c1cn(Cc2ccccc2)c2ccc([N+](=O)[O-])cc12)N1CCC(Cc2ccccc2)CC1. The van der Waals surface area contributed by atoms with Crippen LogP contribution in [0.3, 0.4) is 0 Å². The van der Waals surface area contributed by atoms with Crippen LogP contribution >= 0.6 is 0 Å². The number of nitro benzene ring substituents is 1. The van der Waals surface area contributed by atoms with E-state index >= 15 is 0 Å². The lowest BCUT2D eigenvalue weighted by Gasteiger charge is -2.33. The first-order chi connectivity index (χ1) is 20.5. The van der Waals surface area contributed by atoms with Crippen LogP contribution in [0.5, 0.6) is 0 Å². The molecule has 1 aliphatic rings. The molecule has 1 unspecified atom stereocenters. The first-order valence-corrected chi connectivity index (χ1v) is 14.7. The summed E-state index contributed by atoms with van der Waals surface area (Å²) in [6.07, 6.45) is 5.46. The van der Waals surface area contributed by atoms with Gasteiger partial charge in [-0.3, -0.25) is 14.9 Å². The normalized spacial score (nSPS) is 14.6. The molecule has 1 atom stereocenters. The van der Waals surface area contributed by atoms with Gasteiger partial charge in [-0.05, 0) is 53.5 Å². The van der Waals surface area contributed by atoms with Crippen molar-refractivity contribution in [3.8, 4) is 0 Å². The Bertz CT molecular complexity index is 1660. The van der Waals surface area contributed by atoms with Gasteiger partial charge in [-0.25, -0.2) is 0 Å². The number of carbonyl (C=O) groups excluding carboxylic acids is 1. The highest BCUT2D eigenvalue weighted by molar-refractivity contribution is 5.88. The lowest BCUT2D eigenvalue weighted by Crippen LogP contribution is -2.39. The molecule has 0 N–H and O–H groups in total. The van der Waals surface area contributed by atoms with E-state index in [1.165, 1.54) is 5.56 Å². The van der Waals surface area contributed by atoms with Crippen molar-refractivity contribution in [3.05, 3.63) is 148 Å². The van der Waals surface area contributed by atoms with Gasteiger partial charge >= 0.3 is 0 Å². The van der Waals surface area contributed by atoms with Crippen LogP contribution < -0.4 is 0 Å². The van der Waals surface area contributed by atoms with E-state index in [9.17, 15) is 14.9 Å². The van der Waals surface area contributed by atoms with Gasteiger partial charge in [0, 0.05) is 61.2 Å². The predicted octanol–water partition coefficient (Wildman–Crippen LogP) is 7.60. The van der Waals surface area contributed by atoms with E-state index in [2.05, 4.69) is 59.3 Å². The molecule has 212 valence electrons. The number of benzene rings is 4. The van der Waals surface area contributed by atoms with Crippen molar-refractivity contribution in [1.29, 1.82) is 0 Å². The van der Waals surface area contributed by atoms with Crippen molar-refractivity contribution >= 4 is 22.5 Å².